The van der Waals surface area contributed by atoms with Crippen molar-refractivity contribution in [1.82, 2.24) is 0 Å². The van der Waals surface area contributed by atoms with Crippen LogP contribution in [0.3, 0.4) is 0 Å². The van der Waals surface area contributed by atoms with E-state index in [0.29, 0.717) is 22.8 Å². The van der Waals surface area contributed by atoms with Gasteiger partial charge in [0.1, 0.15) is 6.10 Å². The molecule has 2 aromatic rings. The summed E-state index contributed by atoms with van der Waals surface area (Å²) in [6.07, 6.45) is -1.43. The van der Waals surface area contributed by atoms with Crippen LogP contribution >= 0.6 is 0 Å². The van der Waals surface area contributed by atoms with Gasteiger partial charge in [-0.3, -0.25) is 4.79 Å². The first-order valence-electron chi connectivity index (χ1n) is 7.23. The van der Waals surface area contributed by atoms with Gasteiger partial charge in [0.25, 0.3) is 0 Å². The summed E-state index contributed by atoms with van der Waals surface area (Å²) in [5.41, 5.74) is 0.529. The zero-order chi connectivity index (χ0) is 17.7. The monoisotopic (exact) mass is 332 g/mol. The fourth-order valence-electron chi connectivity index (χ4n) is 2.50. The minimum Gasteiger partial charge on any atom is -0.493 e. The molecule has 2 rings (SSSR count). The Morgan fingerprint density at radius 3 is 1.92 bits per heavy atom. The van der Waals surface area contributed by atoms with E-state index in [-0.39, 0.29) is 11.3 Å². The SMILES string of the molecule is COc1cccc(C(=O)[C@@H](O)c2cccc(OC)c2OC)c1OC. The molecule has 0 aliphatic carbocycles. The molecule has 0 aliphatic heterocycles. The number of para-hydroxylation sites is 2. The lowest BCUT2D eigenvalue weighted by Crippen LogP contribution is -2.15. The molecule has 6 nitrogen and oxygen atoms in total. The molecule has 1 N–H and O–H groups in total. The molecule has 128 valence electrons. The van der Waals surface area contributed by atoms with Gasteiger partial charge in [0, 0.05) is 5.56 Å². The molecule has 0 spiro atoms. The number of carbonyl (C=O) groups excluding carboxylic acids is 1. The molecule has 0 bridgehead atoms. The number of Topliss-reactive ketones (excluding diaryl/α,β-unsaturated/α-hetero) is 1. The molecule has 24 heavy (non-hydrogen) atoms. The Bertz CT molecular complexity index is 725. The van der Waals surface area contributed by atoms with Crippen LogP contribution < -0.4 is 18.9 Å². The Morgan fingerprint density at radius 2 is 1.38 bits per heavy atom. The summed E-state index contributed by atoms with van der Waals surface area (Å²) in [5, 5.41) is 10.6. The van der Waals surface area contributed by atoms with Gasteiger partial charge >= 0.3 is 0 Å². The minimum atomic E-state index is -1.43. The second kappa shape index (κ2) is 7.70. The lowest BCUT2D eigenvalue weighted by Gasteiger charge is -2.18. The summed E-state index contributed by atoms with van der Waals surface area (Å²) < 4.78 is 20.9. The predicted octanol–water partition coefficient (Wildman–Crippen LogP) is 2.64. The summed E-state index contributed by atoms with van der Waals surface area (Å²) in [5.74, 6) is 0.888. The third-order valence-corrected chi connectivity index (χ3v) is 3.64. The highest BCUT2D eigenvalue weighted by molar-refractivity contribution is 6.03. The van der Waals surface area contributed by atoms with Gasteiger partial charge in [-0.15, -0.1) is 0 Å². The second-order valence-corrected chi connectivity index (χ2v) is 4.89. The Hall–Kier alpha value is -2.73. The van der Waals surface area contributed by atoms with Crippen LogP contribution in [0.25, 0.3) is 0 Å². The summed E-state index contributed by atoms with van der Waals surface area (Å²) in [4.78, 5) is 12.8. The van der Waals surface area contributed by atoms with Crippen LogP contribution in [0.4, 0.5) is 0 Å². The molecule has 0 saturated carbocycles. The Kier molecular flexibility index (Phi) is 5.65. The quantitative estimate of drug-likeness (QED) is 0.786. The van der Waals surface area contributed by atoms with Gasteiger partial charge in [0.15, 0.2) is 28.8 Å². The zero-order valence-electron chi connectivity index (χ0n) is 14.0. The lowest BCUT2D eigenvalue weighted by molar-refractivity contribution is 0.0737. The molecular formula is C18H20O6. The van der Waals surface area contributed by atoms with Gasteiger partial charge in [-0.25, -0.2) is 0 Å². The van der Waals surface area contributed by atoms with Gasteiger partial charge in [-0.1, -0.05) is 18.2 Å². The molecule has 0 aromatic heterocycles. The molecule has 6 heteroatoms. The topological polar surface area (TPSA) is 74.2 Å². The minimum absolute atomic E-state index is 0.217. The van der Waals surface area contributed by atoms with Crippen molar-refractivity contribution in [3.8, 4) is 23.0 Å². The van der Waals surface area contributed by atoms with Crippen molar-refractivity contribution < 1.29 is 28.8 Å². The smallest absolute Gasteiger partial charge is 0.199 e. The fraction of sp³-hybridized carbons (Fsp3) is 0.278. The van der Waals surface area contributed by atoms with Crippen LogP contribution in [-0.2, 0) is 0 Å². The summed E-state index contributed by atoms with van der Waals surface area (Å²) >= 11 is 0. The van der Waals surface area contributed by atoms with Crippen LogP contribution in [0, 0.1) is 0 Å². The van der Waals surface area contributed by atoms with Gasteiger partial charge in [-0.2, -0.15) is 0 Å². The van der Waals surface area contributed by atoms with Crippen molar-refractivity contribution in [2.75, 3.05) is 28.4 Å². The van der Waals surface area contributed by atoms with E-state index in [0.717, 1.165) is 0 Å². The number of ketones is 1. The molecule has 0 unspecified atom stereocenters. The van der Waals surface area contributed by atoms with Crippen LogP contribution in [-0.4, -0.2) is 39.3 Å². The van der Waals surface area contributed by atoms with E-state index in [2.05, 4.69) is 0 Å². The fourth-order valence-corrected chi connectivity index (χ4v) is 2.50. The Balaban J connectivity index is 2.48. The van der Waals surface area contributed by atoms with E-state index in [9.17, 15) is 9.90 Å². The van der Waals surface area contributed by atoms with E-state index in [1.165, 1.54) is 28.4 Å². The van der Waals surface area contributed by atoms with E-state index in [4.69, 9.17) is 18.9 Å². The highest BCUT2D eigenvalue weighted by atomic mass is 16.5. The molecule has 1 atom stereocenters. The van der Waals surface area contributed by atoms with Crippen molar-refractivity contribution in [2.24, 2.45) is 0 Å². The molecule has 0 radical (unpaired) electrons. The first-order valence-corrected chi connectivity index (χ1v) is 7.23. The zero-order valence-corrected chi connectivity index (χ0v) is 14.0. The Morgan fingerprint density at radius 1 is 0.833 bits per heavy atom. The van der Waals surface area contributed by atoms with Crippen molar-refractivity contribution in [1.29, 1.82) is 0 Å². The van der Waals surface area contributed by atoms with Crippen molar-refractivity contribution >= 4 is 5.78 Å². The van der Waals surface area contributed by atoms with Crippen molar-refractivity contribution in [3.05, 3.63) is 47.5 Å². The van der Waals surface area contributed by atoms with Crippen molar-refractivity contribution in [3.63, 3.8) is 0 Å². The number of ether oxygens (including phenoxy) is 4. The maximum Gasteiger partial charge on any atom is 0.199 e. The number of carbonyl (C=O) groups is 1. The molecule has 0 aliphatic rings. The second-order valence-electron chi connectivity index (χ2n) is 4.89. The summed E-state index contributed by atoms with van der Waals surface area (Å²) in [6.45, 7) is 0. The number of benzene rings is 2. The van der Waals surface area contributed by atoms with Crippen LogP contribution in [0.15, 0.2) is 36.4 Å². The average Bonchev–Trinajstić information content (AvgIpc) is 2.64. The normalized spacial score (nSPS) is 11.5. The molecular weight excluding hydrogens is 312 g/mol. The number of hydrogen-bond acceptors (Lipinski definition) is 6. The largest absolute Gasteiger partial charge is 0.493 e. The predicted molar refractivity (Wildman–Crippen MR) is 88.4 cm³/mol. The first-order chi connectivity index (χ1) is 11.6. The maximum absolute atomic E-state index is 12.8. The molecule has 0 heterocycles. The highest BCUT2D eigenvalue weighted by Gasteiger charge is 2.27. The molecule has 2 aromatic carbocycles. The molecule has 0 fully saturated rings. The third kappa shape index (κ3) is 3.14. The standard InChI is InChI=1S/C18H20O6/c1-21-13-9-5-7-11(17(13)23-3)15(19)16(20)12-8-6-10-14(22-2)18(12)24-4/h5-10,15,19H,1-4H3/t15-/m0/s1. The first kappa shape index (κ1) is 17.6. The number of aliphatic hydroxyl groups excluding tert-OH is 1. The van der Waals surface area contributed by atoms with Crippen LogP contribution in [0.5, 0.6) is 23.0 Å². The van der Waals surface area contributed by atoms with Gasteiger partial charge < -0.3 is 24.1 Å². The number of hydrogen-bond donors (Lipinski definition) is 1. The highest BCUT2D eigenvalue weighted by Crippen LogP contribution is 2.38. The number of rotatable bonds is 7. The van der Waals surface area contributed by atoms with E-state index in [1.807, 2.05) is 0 Å². The average molecular weight is 332 g/mol. The van der Waals surface area contributed by atoms with E-state index < -0.39 is 11.9 Å². The third-order valence-electron chi connectivity index (χ3n) is 3.64. The molecule has 0 saturated heterocycles. The lowest BCUT2D eigenvalue weighted by atomic mass is 9.98. The van der Waals surface area contributed by atoms with Gasteiger partial charge in [-0.05, 0) is 18.2 Å². The number of aliphatic hydroxyl groups is 1. The van der Waals surface area contributed by atoms with Gasteiger partial charge in [0.2, 0.25) is 0 Å². The van der Waals surface area contributed by atoms with E-state index >= 15 is 0 Å². The molecule has 0 amide bonds. The van der Waals surface area contributed by atoms with Crippen LogP contribution in [0.1, 0.15) is 22.0 Å². The maximum atomic E-state index is 12.8. The van der Waals surface area contributed by atoms with E-state index in [1.54, 1.807) is 36.4 Å². The Labute approximate surface area is 140 Å². The van der Waals surface area contributed by atoms with Crippen LogP contribution in [0.2, 0.25) is 0 Å². The van der Waals surface area contributed by atoms with Crippen molar-refractivity contribution in [2.45, 2.75) is 6.10 Å². The number of methoxy groups -OCH3 is 4. The summed E-state index contributed by atoms with van der Waals surface area (Å²) in [7, 11) is 5.85. The summed E-state index contributed by atoms with van der Waals surface area (Å²) in [6, 6.07) is 9.87. The van der Waals surface area contributed by atoms with Gasteiger partial charge in [0.05, 0.1) is 34.0 Å².